The van der Waals surface area contributed by atoms with Crippen molar-refractivity contribution in [2.24, 2.45) is 5.10 Å². The number of hydrogen-bond acceptors (Lipinski definition) is 9. The number of carbonyl (C=O) groups excluding carboxylic acids is 1. The van der Waals surface area contributed by atoms with E-state index in [1.807, 2.05) is 18.2 Å². The van der Waals surface area contributed by atoms with Gasteiger partial charge in [-0.15, -0.1) is 10.2 Å². The van der Waals surface area contributed by atoms with E-state index >= 15 is 0 Å². The van der Waals surface area contributed by atoms with Crippen LogP contribution in [0.25, 0.3) is 0 Å². The summed E-state index contributed by atoms with van der Waals surface area (Å²) in [6, 6.07) is 14.3. The average Bonchev–Trinajstić information content (AvgIpc) is 3.20. The van der Waals surface area contributed by atoms with Gasteiger partial charge in [0.25, 0.3) is 11.6 Å². The lowest BCUT2D eigenvalue weighted by atomic mass is 10.2. The zero-order valence-electron chi connectivity index (χ0n) is 15.2. The molecule has 0 atom stereocenters. The highest BCUT2D eigenvalue weighted by molar-refractivity contribution is 8.03. The maximum atomic E-state index is 11.9. The van der Waals surface area contributed by atoms with Gasteiger partial charge in [0.2, 0.25) is 0 Å². The summed E-state index contributed by atoms with van der Waals surface area (Å²) in [5.41, 5.74) is 3.81. The molecule has 0 saturated carbocycles. The lowest BCUT2D eigenvalue weighted by Crippen LogP contribution is -2.19. The molecule has 1 N–H and O–H groups in total. The second kappa shape index (κ2) is 11.1. The van der Waals surface area contributed by atoms with E-state index in [4.69, 9.17) is 11.6 Å². The number of benzene rings is 2. The number of aromatic nitrogens is 2. The van der Waals surface area contributed by atoms with Gasteiger partial charge in [-0.05, 0) is 11.6 Å². The second-order valence-corrected chi connectivity index (χ2v) is 9.49. The number of amides is 1. The summed E-state index contributed by atoms with van der Waals surface area (Å²) in [6.07, 6.45) is 1.31. The van der Waals surface area contributed by atoms with Crippen LogP contribution in [0.15, 0.2) is 62.3 Å². The van der Waals surface area contributed by atoms with Gasteiger partial charge >= 0.3 is 0 Å². The van der Waals surface area contributed by atoms with Gasteiger partial charge in [0.15, 0.2) is 8.68 Å². The van der Waals surface area contributed by atoms with E-state index in [2.05, 4.69) is 32.9 Å². The third-order valence-corrected chi connectivity index (χ3v) is 7.07. The van der Waals surface area contributed by atoms with Gasteiger partial charge in [-0.3, -0.25) is 14.9 Å². The molecule has 154 valence electrons. The number of carbonyl (C=O) groups is 1. The maximum absolute atomic E-state index is 11.9. The topological polar surface area (TPSA) is 110 Å². The summed E-state index contributed by atoms with van der Waals surface area (Å²) in [4.78, 5) is 22.2. The molecule has 0 fully saturated rings. The van der Waals surface area contributed by atoms with E-state index in [1.165, 1.54) is 47.0 Å². The van der Waals surface area contributed by atoms with Crippen LogP contribution >= 0.6 is 46.5 Å². The highest BCUT2D eigenvalue weighted by Gasteiger charge is 2.12. The SMILES string of the molecule is O=C(CSc1nnc(SCc2ccccc2)s1)N/N=C/c1ccc(Cl)c([N+](=O)[O-])c1. The Hall–Kier alpha value is -2.47. The lowest BCUT2D eigenvalue weighted by Gasteiger charge is -1.99. The number of nitro benzene ring substituents is 1. The summed E-state index contributed by atoms with van der Waals surface area (Å²) in [5, 5.41) is 22.9. The summed E-state index contributed by atoms with van der Waals surface area (Å²) in [5.74, 6) is 0.599. The summed E-state index contributed by atoms with van der Waals surface area (Å²) in [6.45, 7) is 0. The molecule has 1 heterocycles. The van der Waals surface area contributed by atoms with Crippen molar-refractivity contribution < 1.29 is 9.72 Å². The van der Waals surface area contributed by atoms with Crippen LogP contribution < -0.4 is 5.43 Å². The van der Waals surface area contributed by atoms with Crippen LogP contribution in [-0.2, 0) is 10.5 Å². The Labute approximate surface area is 189 Å². The Balaban J connectivity index is 1.44. The van der Waals surface area contributed by atoms with Crippen molar-refractivity contribution >= 4 is 64.3 Å². The quantitative estimate of drug-likeness (QED) is 0.206. The maximum Gasteiger partial charge on any atom is 0.288 e. The molecule has 8 nitrogen and oxygen atoms in total. The first-order chi connectivity index (χ1) is 14.5. The van der Waals surface area contributed by atoms with Crippen molar-refractivity contribution in [1.29, 1.82) is 0 Å². The minimum Gasteiger partial charge on any atom is -0.272 e. The van der Waals surface area contributed by atoms with Crippen LogP contribution in [-0.4, -0.2) is 33.0 Å². The van der Waals surface area contributed by atoms with Gasteiger partial charge < -0.3 is 0 Å². The molecule has 3 aromatic rings. The average molecular weight is 480 g/mol. The number of halogens is 1. The Morgan fingerprint density at radius 1 is 1.20 bits per heavy atom. The van der Waals surface area contributed by atoms with Gasteiger partial charge in [-0.25, -0.2) is 5.43 Å². The summed E-state index contributed by atoms with van der Waals surface area (Å²) >= 11 is 10.0. The molecule has 0 spiro atoms. The van der Waals surface area contributed by atoms with Crippen molar-refractivity contribution in [3.05, 3.63) is 74.8 Å². The van der Waals surface area contributed by atoms with Crippen LogP contribution in [0.4, 0.5) is 5.69 Å². The number of rotatable bonds is 9. The monoisotopic (exact) mass is 479 g/mol. The van der Waals surface area contributed by atoms with Gasteiger partial charge in [0.05, 0.1) is 16.9 Å². The van der Waals surface area contributed by atoms with E-state index < -0.39 is 4.92 Å². The van der Waals surface area contributed by atoms with Gasteiger partial charge in [-0.1, -0.05) is 82.9 Å². The molecule has 0 unspecified atom stereocenters. The highest BCUT2D eigenvalue weighted by Crippen LogP contribution is 2.30. The fourth-order valence-corrected chi connectivity index (χ4v) is 5.08. The Morgan fingerprint density at radius 2 is 1.93 bits per heavy atom. The normalized spacial score (nSPS) is 11.0. The third-order valence-electron chi connectivity index (χ3n) is 3.49. The fourth-order valence-electron chi connectivity index (χ4n) is 2.12. The predicted molar refractivity (Wildman–Crippen MR) is 120 cm³/mol. The molecule has 2 aromatic carbocycles. The van der Waals surface area contributed by atoms with E-state index in [0.717, 1.165) is 10.1 Å². The number of hydrazone groups is 1. The Bertz CT molecular complexity index is 1060. The third kappa shape index (κ3) is 6.80. The predicted octanol–water partition coefficient (Wildman–Crippen LogP) is 4.63. The molecule has 30 heavy (non-hydrogen) atoms. The van der Waals surface area contributed by atoms with Crippen molar-refractivity contribution in [3.63, 3.8) is 0 Å². The van der Waals surface area contributed by atoms with Crippen LogP contribution in [0.5, 0.6) is 0 Å². The number of nitrogens with zero attached hydrogens (tertiary/aromatic N) is 4. The first-order valence-electron chi connectivity index (χ1n) is 8.40. The molecule has 1 amide bonds. The van der Waals surface area contributed by atoms with E-state index in [9.17, 15) is 14.9 Å². The minimum atomic E-state index is -0.580. The first kappa shape index (κ1) is 22.2. The lowest BCUT2D eigenvalue weighted by molar-refractivity contribution is -0.384. The van der Waals surface area contributed by atoms with Gasteiger partial charge in [-0.2, -0.15) is 5.10 Å². The van der Waals surface area contributed by atoms with Gasteiger partial charge in [0, 0.05) is 17.4 Å². The molecule has 1 aromatic heterocycles. The molecule has 0 radical (unpaired) electrons. The van der Waals surface area contributed by atoms with Crippen LogP contribution in [0, 0.1) is 10.1 Å². The van der Waals surface area contributed by atoms with Crippen molar-refractivity contribution in [2.45, 2.75) is 14.4 Å². The Morgan fingerprint density at radius 3 is 2.67 bits per heavy atom. The van der Waals surface area contributed by atoms with Crippen molar-refractivity contribution in [1.82, 2.24) is 15.6 Å². The number of hydrogen-bond donors (Lipinski definition) is 1. The molecule has 0 aliphatic heterocycles. The molecular weight excluding hydrogens is 466 g/mol. The number of thioether (sulfide) groups is 2. The zero-order chi connectivity index (χ0) is 21.3. The summed E-state index contributed by atoms with van der Waals surface area (Å²) < 4.78 is 1.53. The second-order valence-electron chi connectivity index (χ2n) is 5.66. The van der Waals surface area contributed by atoms with Gasteiger partial charge in [0.1, 0.15) is 5.02 Å². The van der Waals surface area contributed by atoms with Crippen molar-refractivity contribution in [2.75, 3.05) is 5.75 Å². The smallest absolute Gasteiger partial charge is 0.272 e. The van der Waals surface area contributed by atoms with Crippen LogP contribution in [0.2, 0.25) is 5.02 Å². The first-order valence-corrected chi connectivity index (χ1v) is 11.6. The van der Waals surface area contributed by atoms with E-state index in [0.29, 0.717) is 9.90 Å². The van der Waals surface area contributed by atoms with Crippen LogP contribution in [0.1, 0.15) is 11.1 Å². The molecule has 0 bridgehead atoms. The number of nitro groups is 1. The molecular formula is C18H14ClN5O3S3. The minimum absolute atomic E-state index is 0.0379. The molecule has 0 saturated heterocycles. The largest absolute Gasteiger partial charge is 0.288 e. The Kier molecular flexibility index (Phi) is 8.20. The molecule has 0 aliphatic carbocycles. The standard InChI is InChI=1S/C18H14ClN5O3S3/c19-14-7-6-13(8-15(14)24(26)27)9-20-21-16(25)11-29-18-23-22-17(30-18)28-10-12-4-2-1-3-5-12/h1-9H,10-11H2,(H,21,25)/b20-9+. The van der Waals surface area contributed by atoms with E-state index in [1.54, 1.807) is 17.8 Å². The van der Waals surface area contributed by atoms with Crippen molar-refractivity contribution in [3.8, 4) is 0 Å². The molecule has 3 rings (SSSR count). The highest BCUT2D eigenvalue weighted by atomic mass is 35.5. The summed E-state index contributed by atoms with van der Waals surface area (Å²) in [7, 11) is 0. The van der Waals surface area contributed by atoms with E-state index in [-0.39, 0.29) is 22.4 Å². The zero-order valence-corrected chi connectivity index (χ0v) is 18.4. The fraction of sp³-hybridized carbons (Fsp3) is 0.111. The molecule has 0 aliphatic rings. The number of nitrogens with one attached hydrogen (secondary N) is 1. The van der Waals surface area contributed by atoms with Crippen LogP contribution in [0.3, 0.4) is 0 Å². The molecule has 12 heteroatoms.